The summed E-state index contributed by atoms with van der Waals surface area (Å²) in [5, 5.41) is 12.2. The first-order valence-corrected chi connectivity index (χ1v) is 6.95. The summed E-state index contributed by atoms with van der Waals surface area (Å²) in [6, 6.07) is 6.09. The summed E-state index contributed by atoms with van der Waals surface area (Å²) in [6.45, 7) is 0.654. The molecule has 1 aliphatic rings. The lowest BCUT2D eigenvalue weighted by molar-refractivity contribution is 0.0697. The van der Waals surface area contributed by atoms with Crippen LogP contribution in [0.3, 0.4) is 0 Å². The highest BCUT2D eigenvalue weighted by Gasteiger charge is 2.17. The van der Waals surface area contributed by atoms with Gasteiger partial charge in [-0.25, -0.2) is 4.79 Å². The van der Waals surface area contributed by atoms with Crippen LogP contribution >= 0.6 is 11.8 Å². The highest BCUT2D eigenvalue weighted by Crippen LogP contribution is 2.25. The molecule has 0 aliphatic carbocycles. The van der Waals surface area contributed by atoms with Crippen molar-refractivity contribution in [2.45, 2.75) is 18.1 Å². The minimum absolute atomic E-state index is 0.137. The fourth-order valence-electron chi connectivity index (χ4n) is 1.91. The number of thioether (sulfide) groups is 1. The largest absolute Gasteiger partial charge is 0.478 e. The quantitative estimate of drug-likeness (QED) is 0.874. The van der Waals surface area contributed by atoms with Crippen molar-refractivity contribution in [3.8, 4) is 0 Å². The molecular weight excluding hydrogens is 250 g/mol. The third-order valence-electron chi connectivity index (χ3n) is 2.89. The summed E-state index contributed by atoms with van der Waals surface area (Å²) < 4.78 is 0. The molecule has 1 amide bonds. The molecule has 2 rings (SSSR count). The van der Waals surface area contributed by atoms with Crippen LogP contribution < -0.4 is 5.32 Å². The van der Waals surface area contributed by atoms with Gasteiger partial charge >= 0.3 is 5.97 Å². The van der Waals surface area contributed by atoms with Crippen LogP contribution in [0.4, 0.5) is 0 Å². The first-order chi connectivity index (χ1) is 8.66. The molecule has 0 spiro atoms. The second-order valence-corrected chi connectivity index (χ2v) is 5.64. The number of rotatable bonds is 4. The summed E-state index contributed by atoms with van der Waals surface area (Å²) in [7, 11) is 0. The topological polar surface area (TPSA) is 66.4 Å². The number of nitrogens with one attached hydrogen (secondary N) is 1. The van der Waals surface area contributed by atoms with Gasteiger partial charge < -0.3 is 10.4 Å². The van der Waals surface area contributed by atoms with E-state index in [9.17, 15) is 9.59 Å². The zero-order chi connectivity index (χ0) is 13.0. The van der Waals surface area contributed by atoms with Crippen molar-refractivity contribution in [2.24, 2.45) is 0 Å². The Bertz CT molecular complexity index is 455. The lowest BCUT2D eigenvalue weighted by Gasteiger charge is -2.10. The van der Waals surface area contributed by atoms with Crippen molar-refractivity contribution in [1.82, 2.24) is 5.32 Å². The van der Waals surface area contributed by atoms with E-state index in [1.165, 1.54) is 18.6 Å². The van der Waals surface area contributed by atoms with E-state index in [1.807, 2.05) is 11.8 Å². The van der Waals surface area contributed by atoms with E-state index < -0.39 is 5.97 Å². The van der Waals surface area contributed by atoms with Gasteiger partial charge in [-0.3, -0.25) is 4.79 Å². The first-order valence-electron chi connectivity index (χ1n) is 5.90. The number of carbonyl (C=O) groups excluding carboxylic acids is 1. The number of benzene rings is 1. The molecule has 96 valence electrons. The standard InChI is InChI=1S/C13H15NO3S/c15-12(14-8-11-5-2-6-18-11)9-3-1-4-10(7-9)13(16)17/h1,3-4,7,11H,2,5-6,8H2,(H,14,15)(H,16,17). The second-order valence-electron chi connectivity index (χ2n) is 4.23. The van der Waals surface area contributed by atoms with Crippen LogP contribution in [0.25, 0.3) is 0 Å². The molecule has 1 aliphatic heterocycles. The van der Waals surface area contributed by atoms with Crippen LogP contribution in [0.2, 0.25) is 0 Å². The minimum atomic E-state index is -1.02. The molecule has 0 aromatic heterocycles. The maximum atomic E-state index is 11.9. The van der Waals surface area contributed by atoms with Gasteiger partial charge in [0.1, 0.15) is 0 Å². The first kappa shape index (κ1) is 13.0. The Morgan fingerprint density at radius 3 is 2.83 bits per heavy atom. The average molecular weight is 265 g/mol. The number of hydrogen-bond donors (Lipinski definition) is 2. The van der Waals surface area contributed by atoms with Crippen molar-refractivity contribution in [3.63, 3.8) is 0 Å². The Kier molecular flexibility index (Phi) is 4.25. The number of aromatic carboxylic acids is 1. The molecule has 1 heterocycles. The van der Waals surface area contributed by atoms with E-state index in [1.54, 1.807) is 12.1 Å². The molecule has 1 atom stereocenters. The van der Waals surface area contributed by atoms with Gasteiger partial charge in [0, 0.05) is 17.4 Å². The summed E-state index contributed by atoms with van der Waals surface area (Å²) in [5.41, 5.74) is 0.538. The summed E-state index contributed by atoms with van der Waals surface area (Å²) in [4.78, 5) is 22.7. The average Bonchev–Trinajstić information content (AvgIpc) is 2.89. The molecule has 5 heteroatoms. The molecule has 0 saturated carbocycles. The predicted octanol–water partition coefficient (Wildman–Crippen LogP) is 2.01. The number of carboxylic acids is 1. The lowest BCUT2D eigenvalue weighted by atomic mass is 10.1. The van der Waals surface area contributed by atoms with Crippen LogP contribution in [0.1, 0.15) is 33.6 Å². The summed E-state index contributed by atoms with van der Waals surface area (Å²) in [6.07, 6.45) is 2.35. The molecule has 1 fully saturated rings. The van der Waals surface area contributed by atoms with Gasteiger partial charge in [-0.1, -0.05) is 6.07 Å². The number of hydrogen-bond acceptors (Lipinski definition) is 3. The summed E-state index contributed by atoms with van der Waals surface area (Å²) >= 11 is 1.88. The van der Waals surface area contributed by atoms with Crippen molar-refractivity contribution in [2.75, 3.05) is 12.3 Å². The smallest absolute Gasteiger partial charge is 0.335 e. The Balaban J connectivity index is 1.95. The van der Waals surface area contributed by atoms with Crippen LogP contribution in [0, 0.1) is 0 Å². The van der Waals surface area contributed by atoms with Gasteiger partial charge in [-0.2, -0.15) is 11.8 Å². The van der Waals surface area contributed by atoms with E-state index >= 15 is 0 Å². The third-order valence-corrected chi connectivity index (χ3v) is 4.28. The molecule has 18 heavy (non-hydrogen) atoms. The molecule has 2 N–H and O–H groups in total. The Hall–Kier alpha value is -1.49. The van der Waals surface area contributed by atoms with Gasteiger partial charge in [0.25, 0.3) is 5.91 Å². The van der Waals surface area contributed by atoms with Crippen LogP contribution in [0.5, 0.6) is 0 Å². The van der Waals surface area contributed by atoms with Crippen LogP contribution in [-0.4, -0.2) is 34.5 Å². The fraction of sp³-hybridized carbons (Fsp3) is 0.385. The minimum Gasteiger partial charge on any atom is -0.478 e. The lowest BCUT2D eigenvalue weighted by Crippen LogP contribution is -2.29. The van der Waals surface area contributed by atoms with E-state index in [0.717, 1.165) is 12.2 Å². The molecule has 0 radical (unpaired) electrons. The predicted molar refractivity (Wildman–Crippen MR) is 71.2 cm³/mol. The van der Waals surface area contributed by atoms with Gasteiger partial charge in [0.15, 0.2) is 0 Å². The molecule has 1 aromatic rings. The maximum absolute atomic E-state index is 11.9. The van der Waals surface area contributed by atoms with E-state index in [-0.39, 0.29) is 11.5 Å². The van der Waals surface area contributed by atoms with Crippen LogP contribution in [0.15, 0.2) is 24.3 Å². The molecular formula is C13H15NO3S. The Labute approximate surface area is 110 Å². The van der Waals surface area contributed by atoms with Crippen molar-refractivity contribution in [3.05, 3.63) is 35.4 Å². The summed E-state index contributed by atoms with van der Waals surface area (Å²) in [5.74, 6) is -0.0590. The Morgan fingerprint density at radius 2 is 2.17 bits per heavy atom. The molecule has 0 bridgehead atoms. The van der Waals surface area contributed by atoms with Crippen molar-refractivity contribution < 1.29 is 14.7 Å². The number of carbonyl (C=O) groups is 2. The van der Waals surface area contributed by atoms with E-state index in [2.05, 4.69) is 5.32 Å². The Morgan fingerprint density at radius 1 is 1.39 bits per heavy atom. The SMILES string of the molecule is O=C(O)c1cccc(C(=O)NCC2CCCS2)c1. The van der Waals surface area contributed by atoms with E-state index in [0.29, 0.717) is 17.4 Å². The molecule has 1 saturated heterocycles. The van der Waals surface area contributed by atoms with Gasteiger partial charge in [-0.05, 0) is 36.8 Å². The zero-order valence-electron chi connectivity index (χ0n) is 9.89. The zero-order valence-corrected chi connectivity index (χ0v) is 10.7. The molecule has 1 unspecified atom stereocenters. The maximum Gasteiger partial charge on any atom is 0.335 e. The highest BCUT2D eigenvalue weighted by atomic mass is 32.2. The number of carboxylic acid groups (broad SMARTS) is 1. The van der Waals surface area contributed by atoms with Crippen molar-refractivity contribution >= 4 is 23.6 Å². The highest BCUT2D eigenvalue weighted by molar-refractivity contribution is 8.00. The van der Waals surface area contributed by atoms with Gasteiger partial charge in [0.05, 0.1) is 5.56 Å². The third kappa shape index (κ3) is 3.26. The van der Waals surface area contributed by atoms with Gasteiger partial charge in [0.2, 0.25) is 0 Å². The number of amides is 1. The van der Waals surface area contributed by atoms with E-state index in [4.69, 9.17) is 5.11 Å². The molecule has 1 aromatic carbocycles. The second kappa shape index (κ2) is 5.91. The fourth-order valence-corrected chi connectivity index (χ4v) is 3.11. The van der Waals surface area contributed by atoms with Crippen LogP contribution in [-0.2, 0) is 0 Å². The molecule has 4 nitrogen and oxygen atoms in total. The normalized spacial score (nSPS) is 18.6. The monoisotopic (exact) mass is 265 g/mol. The van der Waals surface area contributed by atoms with Gasteiger partial charge in [-0.15, -0.1) is 0 Å². The van der Waals surface area contributed by atoms with Crippen molar-refractivity contribution in [1.29, 1.82) is 0 Å².